The number of nitrogens with zero attached hydrogens (tertiary/aromatic N) is 2. The molecule has 1 saturated heterocycles. The third kappa shape index (κ3) is 4.18. The Morgan fingerprint density at radius 3 is 2.61 bits per heavy atom. The van der Waals surface area contributed by atoms with E-state index in [1.54, 1.807) is 4.90 Å². The molecule has 0 unspecified atom stereocenters. The fourth-order valence-electron chi connectivity index (χ4n) is 2.06. The second-order valence-corrected chi connectivity index (χ2v) is 5.13. The SMILES string of the molecule is CCCN(CC(=O)O)C(=O)N1CCOC(C)(C)C1. The van der Waals surface area contributed by atoms with Crippen LogP contribution in [0.3, 0.4) is 0 Å². The number of carboxylic acid groups (broad SMARTS) is 1. The topological polar surface area (TPSA) is 70.1 Å². The fraction of sp³-hybridized carbons (Fsp3) is 0.833. The van der Waals surface area contributed by atoms with Gasteiger partial charge in [0.25, 0.3) is 0 Å². The predicted molar refractivity (Wildman–Crippen MR) is 66.5 cm³/mol. The molecule has 2 amide bonds. The van der Waals surface area contributed by atoms with Gasteiger partial charge in [0, 0.05) is 13.1 Å². The Hall–Kier alpha value is -1.30. The van der Waals surface area contributed by atoms with Crippen LogP contribution in [-0.2, 0) is 9.53 Å². The lowest BCUT2D eigenvalue weighted by Gasteiger charge is -2.40. The number of urea groups is 1. The summed E-state index contributed by atoms with van der Waals surface area (Å²) in [4.78, 5) is 26.1. The molecule has 0 aromatic rings. The third-order valence-corrected chi connectivity index (χ3v) is 2.79. The first-order valence-electron chi connectivity index (χ1n) is 6.25. The molecular weight excluding hydrogens is 236 g/mol. The molecule has 0 radical (unpaired) electrons. The van der Waals surface area contributed by atoms with Crippen molar-refractivity contribution in [3.63, 3.8) is 0 Å². The van der Waals surface area contributed by atoms with Crippen molar-refractivity contribution < 1.29 is 19.4 Å². The molecule has 0 spiro atoms. The Labute approximate surface area is 107 Å². The minimum absolute atomic E-state index is 0.212. The highest BCUT2D eigenvalue weighted by molar-refractivity contribution is 5.80. The largest absolute Gasteiger partial charge is 0.480 e. The molecule has 1 fully saturated rings. The van der Waals surface area contributed by atoms with Gasteiger partial charge in [-0.1, -0.05) is 6.92 Å². The van der Waals surface area contributed by atoms with Crippen molar-refractivity contribution in [2.75, 3.05) is 32.8 Å². The predicted octanol–water partition coefficient (Wildman–Crippen LogP) is 1.01. The number of hydrogen-bond donors (Lipinski definition) is 1. The normalized spacial score (nSPS) is 18.5. The fourth-order valence-corrected chi connectivity index (χ4v) is 2.06. The van der Waals surface area contributed by atoms with Crippen LogP contribution in [0, 0.1) is 0 Å². The van der Waals surface area contributed by atoms with Crippen LogP contribution in [0.4, 0.5) is 4.79 Å². The van der Waals surface area contributed by atoms with Gasteiger partial charge < -0.3 is 19.6 Å². The lowest BCUT2D eigenvalue weighted by atomic mass is 10.1. The molecule has 1 aliphatic heterocycles. The Morgan fingerprint density at radius 1 is 1.44 bits per heavy atom. The van der Waals surface area contributed by atoms with Crippen molar-refractivity contribution in [2.24, 2.45) is 0 Å². The maximum Gasteiger partial charge on any atom is 0.323 e. The zero-order valence-electron chi connectivity index (χ0n) is 11.3. The summed E-state index contributed by atoms with van der Waals surface area (Å²) < 4.78 is 5.54. The highest BCUT2D eigenvalue weighted by Crippen LogP contribution is 2.17. The van der Waals surface area contributed by atoms with E-state index in [4.69, 9.17) is 9.84 Å². The minimum Gasteiger partial charge on any atom is -0.480 e. The molecule has 0 saturated carbocycles. The molecule has 1 heterocycles. The van der Waals surface area contributed by atoms with Gasteiger partial charge >= 0.3 is 12.0 Å². The molecular formula is C12H22N2O4. The maximum absolute atomic E-state index is 12.2. The van der Waals surface area contributed by atoms with Crippen LogP contribution in [0.25, 0.3) is 0 Å². The van der Waals surface area contributed by atoms with Gasteiger partial charge in [-0.15, -0.1) is 0 Å². The Morgan fingerprint density at radius 2 is 2.11 bits per heavy atom. The van der Waals surface area contributed by atoms with Crippen LogP contribution in [-0.4, -0.2) is 65.3 Å². The molecule has 0 atom stereocenters. The molecule has 1 N–H and O–H groups in total. The van der Waals surface area contributed by atoms with E-state index in [1.807, 2.05) is 20.8 Å². The summed E-state index contributed by atoms with van der Waals surface area (Å²) in [7, 11) is 0. The number of rotatable bonds is 4. The van der Waals surface area contributed by atoms with Gasteiger partial charge in [-0.05, 0) is 20.3 Å². The van der Waals surface area contributed by atoms with E-state index in [-0.39, 0.29) is 18.2 Å². The summed E-state index contributed by atoms with van der Waals surface area (Å²) >= 11 is 0. The molecule has 1 rings (SSSR count). The number of hydrogen-bond acceptors (Lipinski definition) is 3. The molecule has 18 heavy (non-hydrogen) atoms. The van der Waals surface area contributed by atoms with Crippen LogP contribution in [0.2, 0.25) is 0 Å². The minimum atomic E-state index is -0.982. The summed E-state index contributed by atoms with van der Waals surface area (Å²) in [5, 5.41) is 8.82. The van der Waals surface area contributed by atoms with Crippen molar-refractivity contribution in [3.05, 3.63) is 0 Å². The van der Waals surface area contributed by atoms with E-state index < -0.39 is 5.97 Å². The monoisotopic (exact) mass is 258 g/mol. The lowest BCUT2D eigenvalue weighted by molar-refractivity contribution is -0.138. The summed E-state index contributed by atoms with van der Waals surface area (Å²) in [6, 6.07) is -0.212. The average Bonchev–Trinajstić information content (AvgIpc) is 2.25. The Bertz CT molecular complexity index is 317. The quantitative estimate of drug-likeness (QED) is 0.817. The van der Waals surface area contributed by atoms with Crippen LogP contribution in [0.1, 0.15) is 27.2 Å². The first-order valence-corrected chi connectivity index (χ1v) is 6.25. The number of amides is 2. The van der Waals surface area contributed by atoms with E-state index >= 15 is 0 Å². The zero-order chi connectivity index (χ0) is 13.8. The van der Waals surface area contributed by atoms with Crippen LogP contribution < -0.4 is 0 Å². The van der Waals surface area contributed by atoms with Crippen molar-refractivity contribution in [3.8, 4) is 0 Å². The van der Waals surface area contributed by atoms with E-state index in [1.165, 1.54) is 4.90 Å². The van der Waals surface area contributed by atoms with Gasteiger partial charge in [-0.2, -0.15) is 0 Å². The number of morpholine rings is 1. The smallest absolute Gasteiger partial charge is 0.323 e. The van der Waals surface area contributed by atoms with Crippen LogP contribution >= 0.6 is 0 Å². The number of aliphatic carboxylic acids is 1. The van der Waals surface area contributed by atoms with Gasteiger partial charge in [0.15, 0.2) is 0 Å². The van der Waals surface area contributed by atoms with Gasteiger partial charge in [-0.3, -0.25) is 4.79 Å². The number of ether oxygens (including phenoxy) is 1. The first kappa shape index (κ1) is 14.8. The molecule has 104 valence electrons. The van der Waals surface area contributed by atoms with E-state index in [0.29, 0.717) is 26.2 Å². The van der Waals surface area contributed by atoms with Gasteiger partial charge in [0.05, 0.1) is 18.8 Å². The highest BCUT2D eigenvalue weighted by Gasteiger charge is 2.32. The van der Waals surface area contributed by atoms with Crippen molar-refractivity contribution in [1.29, 1.82) is 0 Å². The van der Waals surface area contributed by atoms with E-state index in [9.17, 15) is 9.59 Å². The van der Waals surface area contributed by atoms with Crippen molar-refractivity contribution in [2.45, 2.75) is 32.8 Å². The van der Waals surface area contributed by atoms with Crippen LogP contribution in [0.5, 0.6) is 0 Å². The summed E-state index contributed by atoms with van der Waals surface area (Å²) in [6.07, 6.45) is 0.743. The third-order valence-electron chi connectivity index (χ3n) is 2.79. The Balaban J connectivity index is 2.66. The molecule has 0 aromatic heterocycles. The second-order valence-electron chi connectivity index (χ2n) is 5.13. The van der Waals surface area contributed by atoms with Gasteiger partial charge in [0.2, 0.25) is 0 Å². The second kappa shape index (κ2) is 6.04. The van der Waals surface area contributed by atoms with Gasteiger partial charge in [-0.25, -0.2) is 4.79 Å². The molecule has 0 aliphatic carbocycles. The number of carbonyl (C=O) groups is 2. The Kier molecular flexibility index (Phi) is 4.95. The highest BCUT2D eigenvalue weighted by atomic mass is 16.5. The van der Waals surface area contributed by atoms with E-state index in [2.05, 4.69) is 0 Å². The van der Waals surface area contributed by atoms with E-state index in [0.717, 1.165) is 6.42 Å². The molecule has 6 heteroatoms. The number of carboxylic acids is 1. The summed E-state index contributed by atoms with van der Waals surface area (Å²) in [5.74, 6) is -0.982. The zero-order valence-corrected chi connectivity index (χ0v) is 11.3. The lowest BCUT2D eigenvalue weighted by Crippen LogP contribution is -2.55. The number of carbonyl (C=O) groups excluding carboxylic acids is 1. The molecule has 0 aromatic carbocycles. The average molecular weight is 258 g/mol. The van der Waals surface area contributed by atoms with Gasteiger partial charge in [0.1, 0.15) is 6.54 Å². The maximum atomic E-state index is 12.2. The molecule has 6 nitrogen and oxygen atoms in total. The van der Waals surface area contributed by atoms with Crippen molar-refractivity contribution >= 4 is 12.0 Å². The summed E-state index contributed by atoms with van der Waals surface area (Å²) in [5.41, 5.74) is -0.366. The van der Waals surface area contributed by atoms with Crippen LogP contribution in [0.15, 0.2) is 0 Å². The van der Waals surface area contributed by atoms with Crippen molar-refractivity contribution in [1.82, 2.24) is 9.80 Å². The summed E-state index contributed by atoms with van der Waals surface area (Å²) in [6.45, 7) is 7.49. The molecule has 0 bridgehead atoms. The molecule has 1 aliphatic rings. The standard InChI is InChI=1S/C12H22N2O4/c1-4-5-13(8-10(15)16)11(17)14-6-7-18-12(2,3)9-14/h4-9H2,1-3H3,(H,15,16). The first-order chi connectivity index (χ1) is 8.35.